The van der Waals surface area contributed by atoms with Crippen LogP contribution in [0.5, 0.6) is 0 Å². The van der Waals surface area contributed by atoms with E-state index in [2.05, 4.69) is 5.16 Å². The Morgan fingerprint density at radius 3 is 2.79 bits per heavy atom. The summed E-state index contributed by atoms with van der Waals surface area (Å²) >= 11 is 1.64. The van der Waals surface area contributed by atoms with Crippen molar-refractivity contribution in [2.45, 2.75) is 37.0 Å². The van der Waals surface area contributed by atoms with E-state index in [-0.39, 0.29) is 24.4 Å². The number of rotatable bonds is 4. The van der Waals surface area contributed by atoms with E-state index in [1.165, 1.54) is 0 Å². The van der Waals surface area contributed by atoms with Gasteiger partial charge in [0.2, 0.25) is 0 Å². The van der Waals surface area contributed by atoms with E-state index in [9.17, 15) is 4.79 Å². The first-order valence-corrected chi connectivity index (χ1v) is 8.73. The van der Waals surface area contributed by atoms with Gasteiger partial charge in [-0.05, 0) is 32.4 Å². The number of amides is 1. The summed E-state index contributed by atoms with van der Waals surface area (Å²) in [5.41, 5.74) is 8.67. The van der Waals surface area contributed by atoms with Gasteiger partial charge in [0.25, 0.3) is 5.91 Å². The molecule has 0 aliphatic carbocycles. The van der Waals surface area contributed by atoms with Gasteiger partial charge in [-0.2, -0.15) is 0 Å². The summed E-state index contributed by atoms with van der Waals surface area (Å²) in [4.78, 5) is 15.6. The summed E-state index contributed by atoms with van der Waals surface area (Å²) in [6, 6.07) is 7.85. The van der Waals surface area contributed by atoms with Crippen LogP contribution in [0.1, 0.15) is 33.8 Å². The number of halogens is 1. The maximum absolute atomic E-state index is 12.7. The molecule has 1 aromatic heterocycles. The molecule has 2 aromatic rings. The molecule has 2 heterocycles. The lowest BCUT2D eigenvalue weighted by atomic mass is 10.2. The van der Waals surface area contributed by atoms with Crippen LogP contribution in [0.15, 0.2) is 33.7 Å². The van der Waals surface area contributed by atoms with E-state index < -0.39 is 0 Å². The van der Waals surface area contributed by atoms with Crippen LogP contribution in [0, 0.1) is 13.8 Å². The van der Waals surface area contributed by atoms with Crippen LogP contribution >= 0.6 is 24.2 Å². The first-order valence-electron chi connectivity index (χ1n) is 7.74. The summed E-state index contributed by atoms with van der Waals surface area (Å²) in [6.07, 6.45) is 0.875. The fraction of sp³-hybridized carbons (Fsp3) is 0.412. The molecule has 0 bridgehead atoms. The van der Waals surface area contributed by atoms with Crippen molar-refractivity contribution >= 4 is 30.1 Å². The van der Waals surface area contributed by atoms with E-state index in [0.29, 0.717) is 6.54 Å². The summed E-state index contributed by atoms with van der Waals surface area (Å²) in [5.74, 6) is 1.65. The van der Waals surface area contributed by atoms with Crippen LogP contribution in [0.2, 0.25) is 0 Å². The Kier molecular flexibility index (Phi) is 6.32. The minimum absolute atomic E-state index is 0. The lowest BCUT2D eigenvalue weighted by Gasteiger charge is -2.17. The Balaban J connectivity index is 0.00000208. The number of likely N-dealkylation sites (tertiary alicyclic amines) is 1. The third-order valence-corrected chi connectivity index (χ3v) is 5.28. The summed E-state index contributed by atoms with van der Waals surface area (Å²) in [6.45, 7) is 5.23. The van der Waals surface area contributed by atoms with Crippen molar-refractivity contribution in [3.63, 3.8) is 0 Å². The van der Waals surface area contributed by atoms with Gasteiger partial charge in [-0.25, -0.2) is 0 Å². The Hall–Kier alpha value is -1.50. The van der Waals surface area contributed by atoms with Crippen LogP contribution in [-0.2, 0) is 5.75 Å². The minimum atomic E-state index is 0. The second-order valence-corrected chi connectivity index (χ2v) is 6.90. The number of thioether (sulfide) groups is 1. The van der Waals surface area contributed by atoms with Crippen molar-refractivity contribution in [2.24, 2.45) is 5.73 Å². The molecule has 0 saturated carbocycles. The van der Waals surface area contributed by atoms with Crippen molar-refractivity contribution < 1.29 is 9.32 Å². The number of aromatic nitrogens is 1. The molecule has 2 N–H and O–H groups in total. The third-order valence-electron chi connectivity index (χ3n) is 4.18. The van der Waals surface area contributed by atoms with Gasteiger partial charge in [0.15, 0.2) is 0 Å². The normalized spacial score (nSPS) is 17.0. The fourth-order valence-corrected chi connectivity index (χ4v) is 3.97. The SMILES string of the molecule is Cc1noc(C)c1CSc1ccccc1C(=O)N1CC[C@@H](N)C1.Cl. The maximum atomic E-state index is 12.7. The van der Waals surface area contributed by atoms with E-state index in [0.717, 1.165) is 46.2 Å². The second kappa shape index (κ2) is 8.05. The number of carbonyl (C=O) groups excluding carboxylic acids is 1. The van der Waals surface area contributed by atoms with Gasteiger partial charge in [0, 0.05) is 35.3 Å². The van der Waals surface area contributed by atoms with E-state index in [1.807, 2.05) is 43.0 Å². The van der Waals surface area contributed by atoms with Gasteiger partial charge in [0.05, 0.1) is 11.3 Å². The van der Waals surface area contributed by atoms with Crippen molar-refractivity contribution in [2.75, 3.05) is 13.1 Å². The average molecular weight is 368 g/mol. The zero-order chi connectivity index (χ0) is 16.4. The van der Waals surface area contributed by atoms with Gasteiger partial charge >= 0.3 is 0 Å². The van der Waals surface area contributed by atoms with Crippen LogP contribution in [0.4, 0.5) is 0 Å². The number of benzene rings is 1. The first-order chi connectivity index (χ1) is 11.1. The predicted molar refractivity (Wildman–Crippen MR) is 97.7 cm³/mol. The lowest BCUT2D eigenvalue weighted by Crippen LogP contribution is -2.32. The maximum Gasteiger partial charge on any atom is 0.255 e. The summed E-state index contributed by atoms with van der Waals surface area (Å²) in [5, 5.41) is 3.98. The monoisotopic (exact) mass is 367 g/mol. The fourth-order valence-electron chi connectivity index (χ4n) is 2.77. The lowest BCUT2D eigenvalue weighted by molar-refractivity contribution is 0.0787. The number of hydrogen-bond acceptors (Lipinski definition) is 5. The largest absolute Gasteiger partial charge is 0.361 e. The molecule has 1 atom stereocenters. The molecule has 7 heteroatoms. The summed E-state index contributed by atoms with van der Waals surface area (Å²) in [7, 11) is 0. The van der Waals surface area contributed by atoms with Crippen LogP contribution in [0.3, 0.4) is 0 Å². The smallest absolute Gasteiger partial charge is 0.255 e. The van der Waals surface area contributed by atoms with E-state index >= 15 is 0 Å². The molecule has 1 amide bonds. The van der Waals surface area contributed by atoms with Crippen LogP contribution < -0.4 is 5.73 Å². The van der Waals surface area contributed by atoms with E-state index in [1.54, 1.807) is 11.8 Å². The predicted octanol–water partition coefficient (Wildman–Crippen LogP) is 3.18. The standard InChI is InChI=1S/C17H21N3O2S.ClH/c1-11-15(12(2)22-19-11)10-23-16-6-4-3-5-14(16)17(21)20-8-7-13(18)9-20;/h3-6,13H,7-10,18H2,1-2H3;1H/t13-;/m1./s1. The molecule has 0 spiro atoms. The average Bonchev–Trinajstić information content (AvgIpc) is 3.12. The highest BCUT2D eigenvalue weighted by atomic mass is 35.5. The van der Waals surface area contributed by atoms with Gasteiger partial charge < -0.3 is 15.2 Å². The molecule has 24 heavy (non-hydrogen) atoms. The topological polar surface area (TPSA) is 72.4 Å². The van der Waals surface area contributed by atoms with Crippen molar-refractivity contribution in [3.8, 4) is 0 Å². The molecular formula is C17H22ClN3O2S. The number of aryl methyl sites for hydroxylation is 2. The molecular weight excluding hydrogens is 346 g/mol. The highest BCUT2D eigenvalue weighted by molar-refractivity contribution is 7.98. The van der Waals surface area contributed by atoms with Crippen LogP contribution in [0.25, 0.3) is 0 Å². The number of nitrogens with zero attached hydrogens (tertiary/aromatic N) is 2. The van der Waals surface area contributed by atoms with Crippen LogP contribution in [-0.4, -0.2) is 35.1 Å². The quantitative estimate of drug-likeness (QED) is 0.840. The molecule has 1 fully saturated rings. The number of hydrogen-bond donors (Lipinski definition) is 1. The zero-order valence-electron chi connectivity index (χ0n) is 13.8. The van der Waals surface area contributed by atoms with Gasteiger partial charge in [-0.3, -0.25) is 4.79 Å². The third kappa shape index (κ3) is 3.94. The molecule has 130 valence electrons. The first kappa shape index (κ1) is 18.8. The van der Waals surface area contributed by atoms with Crippen molar-refractivity contribution in [1.82, 2.24) is 10.1 Å². The number of nitrogens with two attached hydrogens (primary N) is 1. The molecule has 1 aliphatic rings. The van der Waals surface area contributed by atoms with Gasteiger partial charge in [-0.15, -0.1) is 24.2 Å². The van der Waals surface area contributed by atoms with E-state index in [4.69, 9.17) is 10.3 Å². The molecule has 0 radical (unpaired) electrons. The summed E-state index contributed by atoms with van der Waals surface area (Å²) < 4.78 is 5.20. The molecule has 1 aliphatic heterocycles. The highest BCUT2D eigenvalue weighted by Crippen LogP contribution is 2.30. The molecule has 1 saturated heterocycles. The van der Waals surface area contributed by atoms with Gasteiger partial charge in [0.1, 0.15) is 5.76 Å². The Labute approximate surface area is 152 Å². The number of carbonyl (C=O) groups is 1. The molecule has 1 aromatic carbocycles. The van der Waals surface area contributed by atoms with Crippen molar-refractivity contribution in [1.29, 1.82) is 0 Å². The Morgan fingerprint density at radius 1 is 1.42 bits per heavy atom. The second-order valence-electron chi connectivity index (χ2n) is 5.89. The van der Waals surface area contributed by atoms with Crippen molar-refractivity contribution in [3.05, 3.63) is 46.8 Å². The molecule has 0 unspecified atom stereocenters. The Morgan fingerprint density at radius 2 is 2.17 bits per heavy atom. The molecule has 3 rings (SSSR count). The Bertz CT molecular complexity index is 700. The zero-order valence-corrected chi connectivity index (χ0v) is 15.5. The molecule has 5 nitrogen and oxygen atoms in total. The highest BCUT2D eigenvalue weighted by Gasteiger charge is 2.26. The minimum Gasteiger partial charge on any atom is -0.361 e. The van der Waals surface area contributed by atoms with Gasteiger partial charge in [-0.1, -0.05) is 17.3 Å².